The molecule has 0 saturated heterocycles. The second-order valence-corrected chi connectivity index (χ2v) is 5.73. The zero-order valence-electron chi connectivity index (χ0n) is 12.7. The third kappa shape index (κ3) is 2.16. The molecule has 1 atom stereocenters. The zero-order chi connectivity index (χ0) is 16.7. The third-order valence-corrected chi connectivity index (χ3v) is 4.48. The van der Waals surface area contributed by atoms with E-state index in [2.05, 4.69) is 0 Å². The molecule has 0 bridgehead atoms. The lowest BCUT2D eigenvalue weighted by Gasteiger charge is -2.45. The molecule has 1 aliphatic rings. The molecule has 118 valence electrons. The second-order valence-electron chi connectivity index (χ2n) is 5.30. The van der Waals surface area contributed by atoms with Crippen LogP contribution in [0, 0.1) is 0 Å². The van der Waals surface area contributed by atoms with Crippen molar-refractivity contribution in [2.24, 2.45) is 0 Å². The number of hydrogen-bond donors (Lipinski definition) is 2. The molecule has 5 nitrogen and oxygen atoms in total. The van der Waals surface area contributed by atoms with Gasteiger partial charge in [0.05, 0.1) is 5.57 Å². The molecule has 6 heteroatoms. The Morgan fingerprint density at radius 2 is 1.91 bits per heavy atom. The van der Waals surface area contributed by atoms with E-state index in [1.807, 2.05) is 6.92 Å². The number of hydrogen-bond acceptors (Lipinski definition) is 3. The molecule has 0 saturated carbocycles. The summed E-state index contributed by atoms with van der Waals surface area (Å²) in [4.78, 5) is 25.5. The topological polar surface area (TPSA) is 77.8 Å². The fourth-order valence-electron chi connectivity index (χ4n) is 3.25. The van der Waals surface area contributed by atoms with Crippen molar-refractivity contribution in [2.75, 3.05) is 11.4 Å². The van der Waals surface area contributed by atoms with Crippen LogP contribution in [-0.2, 0) is 9.59 Å². The molecule has 0 fully saturated rings. The van der Waals surface area contributed by atoms with Crippen LogP contribution in [0.15, 0.2) is 23.8 Å². The predicted molar refractivity (Wildman–Crippen MR) is 85.4 cm³/mol. The van der Waals surface area contributed by atoms with E-state index in [1.165, 1.54) is 0 Å². The third-order valence-electron chi connectivity index (χ3n) is 4.25. The summed E-state index contributed by atoms with van der Waals surface area (Å²) in [6.07, 6.45) is 0.326. The summed E-state index contributed by atoms with van der Waals surface area (Å²) < 4.78 is 0. The molecule has 0 aliphatic carbocycles. The highest BCUT2D eigenvalue weighted by molar-refractivity contribution is 6.31. The van der Waals surface area contributed by atoms with Crippen molar-refractivity contribution in [2.45, 2.75) is 32.7 Å². The van der Waals surface area contributed by atoms with Crippen LogP contribution in [-0.4, -0.2) is 34.2 Å². The van der Waals surface area contributed by atoms with Crippen LogP contribution in [0.25, 0.3) is 5.57 Å². The van der Waals surface area contributed by atoms with Gasteiger partial charge in [0.25, 0.3) is 0 Å². The highest BCUT2D eigenvalue weighted by Gasteiger charge is 2.48. The van der Waals surface area contributed by atoms with E-state index in [4.69, 9.17) is 11.6 Å². The molecule has 1 aromatic carbocycles. The van der Waals surface area contributed by atoms with Crippen LogP contribution >= 0.6 is 11.6 Å². The maximum Gasteiger partial charge on any atom is 0.336 e. The SMILES string of the molecule is CCC1=C(C(=O)O)c2cc(Cl)ccc2N(CC)C1(C)C(=O)O. The number of rotatable bonds is 4. The van der Waals surface area contributed by atoms with Crippen molar-refractivity contribution in [1.29, 1.82) is 0 Å². The van der Waals surface area contributed by atoms with E-state index < -0.39 is 17.5 Å². The summed E-state index contributed by atoms with van der Waals surface area (Å²) in [6.45, 7) is 5.60. The number of carboxylic acids is 2. The smallest absolute Gasteiger partial charge is 0.336 e. The van der Waals surface area contributed by atoms with Gasteiger partial charge in [0.1, 0.15) is 0 Å². The Morgan fingerprint density at radius 1 is 1.27 bits per heavy atom. The maximum absolute atomic E-state index is 12.0. The van der Waals surface area contributed by atoms with Gasteiger partial charge >= 0.3 is 11.9 Å². The summed E-state index contributed by atoms with van der Waals surface area (Å²) >= 11 is 6.01. The molecule has 0 spiro atoms. The van der Waals surface area contributed by atoms with E-state index >= 15 is 0 Å². The molecule has 1 aliphatic heterocycles. The van der Waals surface area contributed by atoms with Crippen LogP contribution < -0.4 is 4.90 Å². The average Bonchev–Trinajstić information content (AvgIpc) is 2.45. The van der Waals surface area contributed by atoms with Gasteiger partial charge in [0.2, 0.25) is 0 Å². The lowest BCUT2D eigenvalue weighted by atomic mass is 9.78. The molecule has 2 N–H and O–H groups in total. The van der Waals surface area contributed by atoms with E-state index in [0.717, 1.165) is 0 Å². The first-order chi connectivity index (χ1) is 10.3. The molecule has 1 unspecified atom stereocenters. The minimum Gasteiger partial charge on any atom is -0.479 e. The van der Waals surface area contributed by atoms with Gasteiger partial charge in [-0.15, -0.1) is 0 Å². The minimum atomic E-state index is -1.39. The highest BCUT2D eigenvalue weighted by Crippen LogP contribution is 2.45. The van der Waals surface area contributed by atoms with Crippen LogP contribution in [0.1, 0.15) is 32.8 Å². The number of halogens is 1. The average molecular weight is 324 g/mol. The molecule has 1 heterocycles. The van der Waals surface area contributed by atoms with E-state index in [9.17, 15) is 19.8 Å². The van der Waals surface area contributed by atoms with Crippen LogP contribution in [0.3, 0.4) is 0 Å². The molecule has 0 amide bonds. The number of carbonyl (C=O) groups is 2. The second kappa shape index (κ2) is 5.65. The first-order valence-corrected chi connectivity index (χ1v) is 7.44. The van der Waals surface area contributed by atoms with Crippen LogP contribution in [0.4, 0.5) is 5.69 Å². The highest BCUT2D eigenvalue weighted by atomic mass is 35.5. The van der Waals surface area contributed by atoms with Gasteiger partial charge in [-0.2, -0.15) is 0 Å². The van der Waals surface area contributed by atoms with Gasteiger partial charge in [-0.1, -0.05) is 18.5 Å². The maximum atomic E-state index is 12.0. The van der Waals surface area contributed by atoms with E-state index in [1.54, 1.807) is 36.9 Å². The Balaban J connectivity index is 2.93. The van der Waals surface area contributed by atoms with Crippen molar-refractivity contribution in [3.63, 3.8) is 0 Å². The molecule has 2 rings (SSSR count). The van der Waals surface area contributed by atoms with Crippen molar-refractivity contribution >= 4 is 34.8 Å². The van der Waals surface area contributed by atoms with Crippen molar-refractivity contribution < 1.29 is 19.8 Å². The fourth-order valence-corrected chi connectivity index (χ4v) is 3.42. The predicted octanol–water partition coefficient (Wildman–Crippen LogP) is 3.27. The number of carboxylic acid groups (broad SMARTS) is 2. The van der Waals surface area contributed by atoms with E-state index in [-0.39, 0.29) is 5.57 Å². The summed E-state index contributed by atoms with van der Waals surface area (Å²) in [5.74, 6) is -2.20. The first kappa shape index (κ1) is 16.4. The largest absolute Gasteiger partial charge is 0.479 e. The van der Waals surface area contributed by atoms with Crippen molar-refractivity contribution in [1.82, 2.24) is 0 Å². The Bertz CT molecular complexity index is 683. The number of anilines is 1. The van der Waals surface area contributed by atoms with Gasteiger partial charge in [-0.05, 0) is 44.0 Å². The van der Waals surface area contributed by atoms with Crippen LogP contribution in [0.5, 0.6) is 0 Å². The number of fused-ring (bicyclic) bond motifs is 1. The molecule has 1 aromatic rings. The standard InChI is InChI=1S/C16H18ClNO4/c1-4-11-13(14(19)20)10-8-9(17)6-7-12(10)18(5-2)16(11,3)15(21)22/h6-8H,4-5H2,1-3H3,(H,19,20)(H,21,22). The Kier molecular flexibility index (Phi) is 4.20. The first-order valence-electron chi connectivity index (χ1n) is 7.06. The summed E-state index contributed by atoms with van der Waals surface area (Å²) in [7, 11) is 0. The van der Waals surface area contributed by atoms with Crippen LogP contribution in [0.2, 0.25) is 5.02 Å². The summed E-state index contributed by atoms with van der Waals surface area (Å²) in [6, 6.07) is 4.90. The quantitative estimate of drug-likeness (QED) is 0.889. The number of aliphatic carboxylic acids is 2. The Labute approximate surface area is 133 Å². The minimum absolute atomic E-state index is 0.0367. The lowest BCUT2D eigenvalue weighted by Crippen LogP contribution is -2.56. The van der Waals surface area contributed by atoms with E-state index in [0.29, 0.717) is 34.8 Å². The van der Waals surface area contributed by atoms with Crippen molar-refractivity contribution in [3.05, 3.63) is 34.4 Å². The van der Waals surface area contributed by atoms with Gasteiger partial charge in [0, 0.05) is 22.8 Å². The lowest BCUT2D eigenvalue weighted by molar-refractivity contribution is -0.141. The van der Waals surface area contributed by atoms with Gasteiger partial charge in [-0.3, -0.25) is 0 Å². The zero-order valence-corrected chi connectivity index (χ0v) is 13.4. The number of likely N-dealkylation sites (N-methyl/N-ethyl adjacent to an activating group) is 1. The fraction of sp³-hybridized carbons (Fsp3) is 0.375. The van der Waals surface area contributed by atoms with Gasteiger partial charge in [0.15, 0.2) is 5.54 Å². The Hall–Kier alpha value is -2.01. The molecular formula is C16H18ClNO4. The Morgan fingerprint density at radius 3 is 2.36 bits per heavy atom. The molecule has 0 radical (unpaired) electrons. The summed E-state index contributed by atoms with van der Waals surface area (Å²) in [5.41, 5.74) is 0.0699. The van der Waals surface area contributed by atoms with Crippen molar-refractivity contribution in [3.8, 4) is 0 Å². The normalized spacial score (nSPS) is 20.8. The molecule has 0 aromatic heterocycles. The van der Waals surface area contributed by atoms with Gasteiger partial charge in [-0.25, -0.2) is 9.59 Å². The number of benzene rings is 1. The van der Waals surface area contributed by atoms with Gasteiger partial charge < -0.3 is 15.1 Å². The molecular weight excluding hydrogens is 306 g/mol. The monoisotopic (exact) mass is 323 g/mol. The summed E-state index contributed by atoms with van der Waals surface area (Å²) in [5, 5.41) is 19.8. The number of nitrogens with zero attached hydrogens (tertiary/aromatic N) is 1. The molecule has 22 heavy (non-hydrogen) atoms.